The highest BCUT2D eigenvalue weighted by atomic mass is 19.1. The zero-order valence-corrected chi connectivity index (χ0v) is 11.1. The highest BCUT2D eigenvalue weighted by molar-refractivity contribution is 5.94. The number of rotatable bonds is 3. The first-order valence-corrected chi connectivity index (χ1v) is 5.93. The lowest BCUT2D eigenvalue weighted by atomic mass is 10.1. The van der Waals surface area contributed by atoms with Gasteiger partial charge in [-0.15, -0.1) is 0 Å². The summed E-state index contributed by atoms with van der Waals surface area (Å²) in [6, 6.07) is 8.90. The number of carbonyl (C=O) groups excluding carboxylic acids is 1. The van der Waals surface area contributed by atoms with Gasteiger partial charge >= 0.3 is 5.97 Å². The van der Waals surface area contributed by atoms with Crippen molar-refractivity contribution in [2.24, 2.45) is 0 Å². The Hall–Kier alpha value is -2.56. The maximum absolute atomic E-state index is 13.3. The Kier molecular flexibility index (Phi) is 3.89. The smallest absolute Gasteiger partial charge is 0.341 e. The summed E-state index contributed by atoms with van der Waals surface area (Å²) in [5.74, 6) is -0.540. The minimum Gasteiger partial charge on any atom is -0.465 e. The summed E-state index contributed by atoms with van der Waals surface area (Å²) < 4.78 is 23.6. The fourth-order valence-electron chi connectivity index (χ4n) is 1.73. The van der Waals surface area contributed by atoms with E-state index >= 15 is 0 Å². The van der Waals surface area contributed by atoms with E-state index in [0.29, 0.717) is 5.75 Å². The van der Waals surface area contributed by atoms with Crippen LogP contribution in [-0.4, -0.2) is 13.1 Å². The molecular formula is C15H14FNO3. The third-order valence-corrected chi connectivity index (χ3v) is 2.81. The van der Waals surface area contributed by atoms with Crippen LogP contribution in [0.2, 0.25) is 0 Å². The first-order chi connectivity index (χ1) is 9.52. The van der Waals surface area contributed by atoms with Crippen LogP contribution in [0.4, 0.5) is 10.1 Å². The quantitative estimate of drug-likeness (QED) is 0.689. The van der Waals surface area contributed by atoms with Crippen molar-refractivity contribution in [2.75, 3.05) is 12.8 Å². The lowest BCUT2D eigenvalue weighted by molar-refractivity contribution is 0.0598. The highest BCUT2D eigenvalue weighted by Gasteiger charge is 2.17. The number of hydrogen-bond donors (Lipinski definition) is 1. The number of para-hydroxylation sites is 1. The van der Waals surface area contributed by atoms with Crippen LogP contribution in [-0.2, 0) is 4.74 Å². The van der Waals surface area contributed by atoms with Crippen LogP contribution < -0.4 is 10.5 Å². The molecule has 0 atom stereocenters. The number of aryl methyl sites for hydroxylation is 1. The van der Waals surface area contributed by atoms with E-state index in [1.54, 1.807) is 25.1 Å². The lowest BCUT2D eigenvalue weighted by Crippen LogP contribution is -2.06. The van der Waals surface area contributed by atoms with Gasteiger partial charge in [0, 0.05) is 6.07 Å². The number of ether oxygens (including phenoxy) is 2. The molecule has 5 heteroatoms. The second-order valence-electron chi connectivity index (χ2n) is 4.23. The number of hydrogen-bond acceptors (Lipinski definition) is 4. The van der Waals surface area contributed by atoms with Crippen molar-refractivity contribution >= 4 is 11.7 Å². The molecule has 0 spiro atoms. The molecule has 0 radical (unpaired) electrons. The van der Waals surface area contributed by atoms with Gasteiger partial charge in [-0.3, -0.25) is 0 Å². The van der Waals surface area contributed by atoms with Crippen LogP contribution in [0.1, 0.15) is 15.9 Å². The Bertz CT molecular complexity index is 656. The molecule has 0 heterocycles. The minimum atomic E-state index is -0.568. The standard InChI is InChI=1S/C15H14FNO3/c1-9-6-7-10(16)8-13(9)20-14-11(15(18)19-2)4-3-5-12(14)17/h3-8H,17H2,1-2H3. The molecule has 0 aliphatic rings. The Balaban J connectivity index is 2.47. The van der Waals surface area contributed by atoms with E-state index in [-0.39, 0.29) is 17.0 Å². The molecule has 0 aliphatic heterocycles. The number of halogens is 1. The largest absolute Gasteiger partial charge is 0.465 e. The first-order valence-electron chi connectivity index (χ1n) is 5.93. The lowest BCUT2D eigenvalue weighted by Gasteiger charge is -2.13. The van der Waals surface area contributed by atoms with Crippen molar-refractivity contribution in [3.8, 4) is 11.5 Å². The summed E-state index contributed by atoms with van der Waals surface area (Å²) >= 11 is 0. The van der Waals surface area contributed by atoms with E-state index in [9.17, 15) is 9.18 Å². The molecule has 2 rings (SSSR count). The number of carbonyl (C=O) groups is 1. The number of benzene rings is 2. The molecule has 2 N–H and O–H groups in total. The zero-order valence-electron chi connectivity index (χ0n) is 11.1. The Labute approximate surface area is 115 Å². The van der Waals surface area contributed by atoms with Gasteiger partial charge in [-0.25, -0.2) is 9.18 Å². The second-order valence-corrected chi connectivity index (χ2v) is 4.23. The summed E-state index contributed by atoms with van der Waals surface area (Å²) in [7, 11) is 1.27. The van der Waals surface area contributed by atoms with E-state index in [1.807, 2.05) is 0 Å². The summed E-state index contributed by atoms with van der Waals surface area (Å²) in [6.07, 6.45) is 0. The van der Waals surface area contributed by atoms with Crippen LogP contribution in [0.3, 0.4) is 0 Å². The molecule has 2 aromatic rings. The topological polar surface area (TPSA) is 61.5 Å². The molecule has 4 nitrogen and oxygen atoms in total. The molecule has 0 saturated carbocycles. The molecule has 0 aromatic heterocycles. The minimum absolute atomic E-state index is 0.160. The van der Waals surface area contributed by atoms with Crippen molar-refractivity contribution in [1.82, 2.24) is 0 Å². The maximum Gasteiger partial charge on any atom is 0.341 e. The molecular weight excluding hydrogens is 261 g/mol. The number of nitrogens with two attached hydrogens (primary N) is 1. The van der Waals surface area contributed by atoms with Gasteiger partial charge in [0.2, 0.25) is 0 Å². The summed E-state index contributed by atoms with van der Waals surface area (Å²) in [6.45, 7) is 1.77. The molecule has 0 amide bonds. The van der Waals surface area contributed by atoms with Crippen LogP contribution in [0.5, 0.6) is 11.5 Å². The SMILES string of the molecule is COC(=O)c1cccc(N)c1Oc1cc(F)ccc1C. The van der Waals surface area contributed by atoms with Gasteiger partial charge in [-0.2, -0.15) is 0 Å². The third kappa shape index (κ3) is 2.71. The van der Waals surface area contributed by atoms with E-state index in [1.165, 1.54) is 25.3 Å². The van der Waals surface area contributed by atoms with Gasteiger partial charge in [-0.05, 0) is 30.7 Å². The van der Waals surface area contributed by atoms with Crippen LogP contribution in [0.15, 0.2) is 36.4 Å². The van der Waals surface area contributed by atoms with Crippen LogP contribution >= 0.6 is 0 Å². The number of nitrogen functional groups attached to an aromatic ring is 1. The Morgan fingerprint density at radius 1 is 1.25 bits per heavy atom. The van der Waals surface area contributed by atoms with E-state index in [0.717, 1.165) is 5.56 Å². The van der Waals surface area contributed by atoms with Gasteiger partial charge in [-0.1, -0.05) is 12.1 Å². The summed E-state index contributed by atoms with van der Waals surface area (Å²) in [5, 5.41) is 0. The van der Waals surface area contributed by atoms with Gasteiger partial charge in [0.25, 0.3) is 0 Å². The van der Waals surface area contributed by atoms with E-state index in [4.69, 9.17) is 10.5 Å². The summed E-state index contributed by atoms with van der Waals surface area (Å²) in [5.41, 5.74) is 7.02. The predicted octanol–water partition coefficient (Wildman–Crippen LogP) is 3.30. The number of anilines is 1. The number of methoxy groups -OCH3 is 1. The third-order valence-electron chi connectivity index (χ3n) is 2.81. The fourth-order valence-corrected chi connectivity index (χ4v) is 1.73. The molecule has 0 unspecified atom stereocenters. The van der Waals surface area contributed by atoms with E-state index in [2.05, 4.69) is 4.74 Å². The number of esters is 1. The normalized spacial score (nSPS) is 10.2. The van der Waals surface area contributed by atoms with Crippen LogP contribution in [0.25, 0.3) is 0 Å². The molecule has 20 heavy (non-hydrogen) atoms. The predicted molar refractivity (Wildman–Crippen MR) is 73.4 cm³/mol. The Morgan fingerprint density at radius 2 is 2.00 bits per heavy atom. The van der Waals surface area contributed by atoms with Crippen molar-refractivity contribution in [2.45, 2.75) is 6.92 Å². The monoisotopic (exact) mass is 275 g/mol. The van der Waals surface area contributed by atoms with E-state index < -0.39 is 11.8 Å². The average Bonchev–Trinajstić information content (AvgIpc) is 2.44. The van der Waals surface area contributed by atoms with Gasteiger partial charge in [0.1, 0.15) is 17.1 Å². The zero-order chi connectivity index (χ0) is 14.7. The van der Waals surface area contributed by atoms with Crippen molar-refractivity contribution in [3.05, 3.63) is 53.3 Å². The molecule has 0 saturated heterocycles. The second kappa shape index (κ2) is 5.61. The van der Waals surface area contributed by atoms with Gasteiger partial charge in [0.15, 0.2) is 5.75 Å². The van der Waals surface area contributed by atoms with Gasteiger partial charge < -0.3 is 15.2 Å². The Morgan fingerprint density at radius 3 is 2.70 bits per heavy atom. The molecule has 0 fully saturated rings. The van der Waals surface area contributed by atoms with Crippen molar-refractivity contribution < 1.29 is 18.7 Å². The maximum atomic E-state index is 13.3. The fraction of sp³-hybridized carbons (Fsp3) is 0.133. The average molecular weight is 275 g/mol. The molecule has 2 aromatic carbocycles. The van der Waals surface area contributed by atoms with Gasteiger partial charge in [0.05, 0.1) is 12.8 Å². The first kappa shape index (κ1) is 13.9. The molecule has 104 valence electrons. The van der Waals surface area contributed by atoms with Crippen molar-refractivity contribution in [3.63, 3.8) is 0 Å². The van der Waals surface area contributed by atoms with Crippen LogP contribution in [0, 0.1) is 12.7 Å². The molecule has 0 bridgehead atoms. The summed E-state index contributed by atoms with van der Waals surface area (Å²) in [4.78, 5) is 11.7. The highest BCUT2D eigenvalue weighted by Crippen LogP contribution is 2.33. The molecule has 0 aliphatic carbocycles. The van der Waals surface area contributed by atoms with Crippen molar-refractivity contribution in [1.29, 1.82) is 0 Å².